The second kappa shape index (κ2) is 5.01. The van der Waals surface area contributed by atoms with Crippen molar-refractivity contribution in [2.45, 2.75) is 39.0 Å². The van der Waals surface area contributed by atoms with E-state index in [4.69, 9.17) is 4.98 Å². The predicted molar refractivity (Wildman–Crippen MR) is 74.7 cm³/mol. The lowest BCUT2D eigenvalue weighted by Crippen LogP contribution is -2.25. The molecule has 0 aliphatic heterocycles. The average molecular weight is 245 g/mol. The summed E-state index contributed by atoms with van der Waals surface area (Å²) in [5.41, 5.74) is 2.62. The van der Waals surface area contributed by atoms with Gasteiger partial charge in [0.2, 0.25) is 0 Å². The Hall–Kier alpha value is -1.15. The van der Waals surface area contributed by atoms with Crippen LogP contribution >= 0.6 is 11.3 Å². The van der Waals surface area contributed by atoms with E-state index in [9.17, 15) is 0 Å². The fourth-order valence-corrected chi connectivity index (χ4v) is 3.58. The third kappa shape index (κ3) is 2.14. The molecule has 17 heavy (non-hydrogen) atoms. The molecule has 0 atom stereocenters. The zero-order valence-corrected chi connectivity index (χ0v) is 11.6. The number of aromatic nitrogens is 1. The van der Waals surface area contributed by atoms with E-state index in [-0.39, 0.29) is 5.41 Å². The van der Waals surface area contributed by atoms with Gasteiger partial charge in [0.05, 0.1) is 0 Å². The van der Waals surface area contributed by atoms with Gasteiger partial charge >= 0.3 is 0 Å². The predicted octanol–water partition coefficient (Wildman–Crippen LogP) is 4.56. The molecule has 0 fully saturated rings. The van der Waals surface area contributed by atoms with E-state index < -0.39 is 0 Å². The highest BCUT2D eigenvalue weighted by Crippen LogP contribution is 2.39. The van der Waals surface area contributed by atoms with E-state index in [2.05, 4.69) is 56.5 Å². The minimum absolute atomic E-state index is 0.0974. The largest absolute Gasteiger partial charge is 0.246 e. The smallest absolute Gasteiger partial charge is 0.103 e. The number of nitrogens with zero attached hydrogens (tertiary/aromatic N) is 1. The Balaban J connectivity index is 2.53. The highest BCUT2D eigenvalue weighted by molar-refractivity contribution is 7.09. The van der Waals surface area contributed by atoms with Crippen molar-refractivity contribution >= 4 is 11.3 Å². The van der Waals surface area contributed by atoms with Crippen LogP contribution in [0.2, 0.25) is 0 Å². The van der Waals surface area contributed by atoms with Crippen LogP contribution in [0, 0.1) is 6.92 Å². The van der Waals surface area contributed by atoms with Crippen LogP contribution in [-0.4, -0.2) is 4.98 Å². The van der Waals surface area contributed by atoms with Gasteiger partial charge < -0.3 is 0 Å². The standard InChI is InChI=1S/C15H19NS/c1-4-15(5-2,13-9-7-6-8-10-13)14-16-12(3)11-17-14/h6-11H,4-5H2,1-3H3. The Morgan fingerprint density at radius 3 is 2.24 bits per heavy atom. The van der Waals surface area contributed by atoms with Crippen molar-refractivity contribution in [3.8, 4) is 0 Å². The number of hydrogen-bond donors (Lipinski definition) is 0. The lowest BCUT2D eigenvalue weighted by Gasteiger charge is -2.30. The summed E-state index contributed by atoms with van der Waals surface area (Å²) in [6.07, 6.45) is 2.20. The molecule has 0 radical (unpaired) electrons. The molecule has 0 saturated carbocycles. The number of thiazole rings is 1. The molecule has 1 aromatic heterocycles. The number of aryl methyl sites for hydroxylation is 1. The average Bonchev–Trinajstić information content (AvgIpc) is 2.80. The minimum atomic E-state index is 0.0974. The second-order valence-corrected chi connectivity index (χ2v) is 5.31. The SMILES string of the molecule is CCC(CC)(c1ccccc1)c1nc(C)cs1. The van der Waals surface area contributed by atoms with Crippen molar-refractivity contribution in [3.05, 3.63) is 52.0 Å². The molecule has 2 rings (SSSR count). The van der Waals surface area contributed by atoms with E-state index >= 15 is 0 Å². The van der Waals surface area contributed by atoms with E-state index in [0.29, 0.717) is 0 Å². The van der Waals surface area contributed by atoms with Crippen molar-refractivity contribution in [2.24, 2.45) is 0 Å². The molecule has 0 spiro atoms. The maximum atomic E-state index is 4.72. The molecular formula is C15H19NS. The Bertz CT molecular complexity index is 469. The van der Waals surface area contributed by atoms with Crippen LogP contribution in [0.15, 0.2) is 35.7 Å². The highest BCUT2D eigenvalue weighted by atomic mass is 32.1. The molecule has 0 unspecified atom stereocenters. The molecule has 0 bridgehead atoms. The summed E-state index contributed by atoms with van der Waals surface area (Å²) >= 11 is 1.79. The van der Waals surface area contributed by atoms with Gasteiger partial charge in [0.25, 0.3) is 0 Å². The normalized spacial score (nSPS) is 11.7. The minimum Gasteiger partial charge on any atom is -0.246 e. The maximum absolute atomic E-state index is 4.72. The molecule has 1 nitrogen and oxygen atoms in total. The van der Waals surface area contributed by atoms with Gasteiger partial charge in [0.15, 0.2) is 0 Å². The van der Waals surface area contributed by atoms with Gasteiger partial charge in [-0.2, -0.15) is 0 Å². The first-order chi connectivity index (χ1) is 8.23. The molecule has 0 N–H and O–H groups in total. The van der Waals surface area contributed by atoms with Crippen LogP contribution in [0.1, 0.15) is 43.0 Å². The first kappa shape index (κ1) is 12.3. The zero-order valence-electron chi connectivity index (χ0n) is 10.7. The van der Waals surface area contributed by atoms with E-state index in [1.165, 1.54) is 10.6 Å². The van der Waals surface area contributed by atoms with Crippen LogP contribution < -0.4 is 0 Å². The van der Waals surface area contributed by atoms with E-state index in [1.54, 1.807) is 11.3 Å². The third-order valence-electron chi connectivity index (χ3n) is 3.56. The fraction of sp³-hybridized carbons (Fsp3) is 0.400. The van der Waals surface area contributed by atoms with E-state index in [0.717, 1.165) is 18.5 Å². The summed E-state index contributed by atoms with van der Waals surface area (Å²) in [6, 6.07) is 10.8. The molecule has 0 saturated heterocycles. The van der Waals surface area contributed by atoms with Gasteiger partial charge in [-0.1, -0.05) is 44.2 Å². The molecule has 1 aromatic carbocycles. The summed E-state index contributed by atoms with van der Waals surface area (Å²) in [7, 11) is 0. The van der Waals surface area contributed by atoms with Crippen molar-refractivity contribution in [1.29, 1.82) is 0 Å². The Morgan fingerprint density at radius 1 is 1.12 bits per heavy atom. The lowest BCUT2D eigenvalue weighted by atomic mass is 9.76. The van der Waals surface area contributed by atoms with Crippen LogP contribution in [0.3, 0.4) is 0 Å². The van der Waals surface area contributed by atoms with Crippen molar-refractivity contribution in [1.82, 2.24) is 4.98 Å². The molecule has 0 amide bonds. The summed E-state index contributed by atoms with van der Waals surface area (Å²) < 4.78 is 0. The Morgan fingerprint density at radius 2 is 1.76 bits per heavy atom. The van der Waals surface area contributed by atoms with Gasteiger partial charge in [-0.3, -0.25) is 0 Å². The first-order valence-corrected chi connectivity index (χ1v) is 7.09. The van der Waals surface area contributed by atoms with Crippen molar-refractivity contribution in [2.75, 3.05) is 0 Å². The molecule has 2 heteroatoms. The van der Waals surface area contributed by atoms with Gasteiger partial charge in [0.1, 0.15) is 5.01 Å². The van der Waals surface area contributed by atoms with Gasteiger partial charge in [0, 0.05) is 16.5 Å². The van der Waals surface area contributed by atoms with Gasteiger partial charge in [-0.05, 0) is 25.3 Å². The van der Waals surface area contributed by atoms with E-state index in [1.807, 2.05) is 0 Å². The number of hydrogen-bond acceptors (Lipinski definition) is 2. The van der Waals surface area contributed by atoms with Crippen LogP contribution in [0.25, 0.3) is 0 Å². The fourth-order valence-electron chi connectivity index (χ4n) is 2.42. The quantitative estimate of drug-likeness (QED) is 0.769. The topological polar surface area (TPSA) is 12.9 Å². The molecule has 0 aliphatic carbocycles. The monoisotopic (exact) mass is 245 g/mol. The maximum Gasteiger partial charge on any atom is 0.103 e. The summed E-state index contributed by atoms with van der Waals surface area (Å²) in [6.45, 7) is 6.58. The van der Waals surface area contributed by atoms with Gasteiger partial charge in [-0.25, -0.2) is 4.98 Å². The van der Waals surface area contributed by atoms with Crippen molar-refractivity contribution in [3.63, 3.8) is 0 Å². The first-order valence-electron chi connectivity index (χ1n) is 6.21. The van der Waals surface area contributed by atoms with Crippen LogP contribution in [0.5, 0.6) is 0 Å². The second-order valence-electron chi connectivity index (χ2n) is 4.45. The number of benzene rings is 1. The van der Waals surface area contributed by atoms with Crippen LogP contribution in [-0.2, 0) is 5.41 Å². The summed E-state index contributed by atoms with van der Waals surface area (Å²) in [5.74, 6) is 0. The molecular weight excluding hydrogens is 226 g/mol. The summed E-state index contributed by atoms with van der Waals surface area (Å²) in [4.78, 5) is 4.72. The molecule has 90 valence electrons. The van der Waals surface area contributed by atoms with Crippen molar-refractivity contribution < 1.29 is 0 Å². The van der Waals surface area contributed by atoms with Crippen LogP contribution in [0.4, 0.5) is 0 Å². The molecule has 1 heterocycles. The Labute approximate surface area is 108 Å². The zero-order chi connectivity index (χ0) is 12.3. The van der Waals surface area contributed by atoms with Gasteiger partial charge in [-0.15, -0.1) is 11.3 Å². The summed E-state index contributed by atoms with van der Waals surface area (Å²) in [5, 5.41) is 3.41. The third-order valence-corrected chi connectivity index (χ3v) is 4.73. The molecule has 2 aromatic rings. The molecule has 0 aliphatic rings. The number of rotatable bonds is 4. The Kier molecular flexibility index (Phi) is 3.63. The highest BCUT2D eigenvalue weighted by Gasteiger charge is 2.33. The lowest BCUT2D eigenvalue weighted by molar-refractivity contribution is 0.475.